The first kappa shape index (κ1) is 18.5. The summed E-state index contributed by atoms with van der Waals surface area (Å²) in [6, 6.07) is 8.90. The summed E-state index contributed by atoms with van der Waals surface area (Å²) < 4.78 is 31.6. The van der Waals surface area contributed by atoms with Crippen LogP contribution in [0.2, 0.25) is 0 Å². The highest BCUT2D eigenvalue weighted by atomic mass is 32.2. The third-order valence-electron chi connectivity index (χ3n) is 4.35. The average Bonchev–Trinajstić information content (AvgIpc) is 3.36. The summed E-state index contributed by atoms with van der Waals surface area (Å²) in [6.45, 7) is 2.40. The molecule has 1 saturated heterocycles. The first-order valence-corrected chi connectivity index (χ1v) is 10.1. The van der Waals surface area contributed by atoms with E-state index >= 15 is 0 Å². The molecule has 0 radical (unpaired) electrons. The van der Waals surface area contributed by atoms with Crippen LogP contribution in [0.5, 0.6) is 0 Å². The van der Waals surface area contributed by atoms with E-state index in [4.69, 9.17) is 4.42 Å². The van der Waals surface area contributed by atoms with Gasteiger partial charge in [0.05, 0.1) is 17.4 Å². The molecule has 7 nitrogen and oxygen atoms in total. The largest absolute Gasteiger partial charge is 0.472 e. The van der Waals surface area contributed by atoms with Gasteiger partial charge in [-0.2, -0.15) is 4.31 Å². The summed E-state index contributed by atoms with van der Waals surface area (Å²) >= 11 is 0. The Morgan fingerprint density at radius 2 is 1.73 bits per heavy atom. The van der Waals surface area contributed by atoms with Crippen molar-refractivity contribution in [3.05, 3.63) is 54.0 Å². The van der Waals surface area contributed by atoms with E-state index in [0.29, 0.717) is 37.0 Å². The highest BCUT2D eigenvalue weighted by molar-refractivity contribution is 7.89. The normalized spacial score (nSPS) is 16.0. The smallest absolute Gasteiger partial charge is 0.243 e. The van der Waals surface area contributed by atoms with E-state index in [1.54, 1.807) is 36.0 Å². The van der Waals surface area contributed by atoms with Crippen molar-refractivity contribution in [1.82, 2.24) is 14.9 Å². The molecule has 1 aromatic heterocycles. The van der Waals surface area contributed by atoms with E-state index in [0.717, 1.165) is 24.0 Å². The first-order valence-electron chi connectivity index (χ1n) is 8.64. The monoisotopic (exact) mass is 376 g/mol. The van der Waals surface area contributed by atoms with Crippen LogP contribution in [0.4, 0.5) is 0 Å². The molecule has 1 aliphatic rings. The van der Waals surface area contributed by atoms with Crippen molar-refractivity contribution in [3.8, 4) is 0 Å². The van der Waals surface area contributed by atoms with Crippen molar-refractivity contribution in [3.63, 3.8) is 0 Å². The van der Waals surface area contributed by atoms with E-state index in [1.807, 2.05) is 18.2 Å². The summed E-state index contributed by atoms with van der Waals surface area (Å²) in [5, 5.41) is 6.40. The van der Waals surface area contributed by atoms with Crippen LogP contribution in [0.1, 0.15) is 24.0 Å². The number of hydrogen-bond donors (Lipinski definition) is 2. The number of sulfonamides is 1. The van der Waals surface area contributed by atoms with Crippen molar-refractivity contribution >= 4 is 16.0 Å². The molecule has 1 aliphatic heterocycles. The molecule has 0 spiro atoms. The highest BCUT2D eigenvalue weighted by Crippen LogP contribution is 2.21. The number of hydrogen-bond acceptors (Lipinski definition) is 4. The molecule has 0 bridgehead atoms. The molecule has 0 amide bonds. The van der Waals surface area contributed by atoms with Crippen LogP contribution in [-0.4, -0.2) is 38.8 Å². The van der Waals surface area contributed by atoms with Gasteiger partial charge in [0.2, 0.25) is 10.0 Å². The van der Waals surface area contributed by atoms with Gasteiger partial charge in [0.1, 0.15) is 0 Å². The molecule has 26 heavy (non-hydrogen) atoms. The van der Waals surface area contributed by atoms with Crippen molar-refractivity contribution in [2.75, 3.05) is 20.1 Å². The molecule has 2 N–H and O–H groups in total. The van der Waals surface area contributed by atoms with E-state index < -0.39 is 10.0 Å². The van der Waals surface area contributed by atoms with E-state index in [9.17, 15) is 8.42 Å². The number of benzene rings is 1. The molecule has 0 atom stereocenters. The standard InChI is InChI=1S/C18H24N4O3S/c1-19-18(21-13-16-8-11-25-14-16)20-12-15-4-6-17(7-5-15)26(23,24)22-9-2-3-10-22/h4-8,11,14H,2-3,9-10,12-13H2,1H3,(H2,19,20,21). The van der Waals surface area contributed by atoms with Gasteiger partial charge < -0.3 is 15.1 Å². The molecule has 1 aromatic carbocycles. The van der Waals surface area contributed by atoms with Crippen molar-refractivity contribution < 1.29 is 12.8 Å². The Kier molecular flexibility index (Phi) is 5.95. The minimum atomic E-state index is -3.36. The van der Waals surface area contributed by atoms with E-state index in [2.05, 4.69) is 15.6 Å². The second kappa shape index (κ2) is 8.37. The van der Waals surface area contributed by atoms with Crippen LogP contribution >= 0.6 is 0 Å². The quantitative estimate of drug-likeness (QED) is 0.594. The number of nitrogens with one attached hydrogen (secondary N) is 2. The summed E-state index contributed by atoms with van der Waals surface area (Å²) in [6.07, 6.45) is 5.18. The molecule has 140 valence electrons. The Labute approximate surface area is 154 Å². The lowest BCUT2D eigenvalue weighted by molar-refractivity contribution is 0.477. The molecular weight excluding hydrogens is 352 g/mol. The van der Waals surface area contributed by atoms with Crippen LogP contribution in [0, 0.1) is 0 Å². The summed E-state index contributed by atoms with van der Waals surface area (Å²) in [5.41, 5.74) is 2.01. The minimum Gasteiger partial charge on any atom is -0.472 e. The number of nitrogens with zero attached hydrogens (tertiary/aromatic N) is 2. The first-order chi connectivity index (χ1) is 12.6. The summed E-state index contributed by atoms with van der Waals surface area (Å²) in [5.74, 6) is 0.667. The Morgan fingerprint density at radius 3 is 2.31 bits per heavy atom. The third-order valence-corrected chi connectivity index (χ3v) is 6.26. The minimum absolute atomic E-state index is 0.352. The second-order valence-electron chi connectivity index (χ2n) is 6.17. The van der Waals surface area contributed by atoms with Gasteiger partial charge in [-0.05, 0) is 36.6 Å². The Morgan fingerprint density at radius 1 is 1.08 bits per heavy atom. The Bertz CT molecular complexity index is 824. The van der Waals surface area contributed by atoms with Crippen LogP contribution in [0.15, 0.2) is 57.2 Å². The van der Waals surface area contributed by atoms with Crippen molar-refractivity contribution in [2.24, 2.45) is 4.99 Å². The fourth-order valence-corrected chi connectivity index (χ4v) is 4.36. The molecule has 3 rings (SSSR count). The van der Waals surface area contributed by atoms with Gasteiger partial charge in [-0.25, -0.2) is 8.42 Å². The van der Waals surface area contributed by atoms with E-state index in [-0.39, 0.29) is 0 Å². The molecule has 2 aromatic rings. The lowest BCUT2D eigenvalue weighted by Gasteiger charge is -2.16. The van der Waals surface area contributed by atoms with Crippen LogP contribution in [-0.2, 0) is 23.1 Å². The van der Waals surface area contributed by atoms with Gasteiger partial charge in [0, 0.05) is 38.8 Å². The maximum Gasteiger partial charge on any atom is 0.243 e. The lowest BCUT2D eigenvalue weighted by Crippen LogP contribution is -2.36. The number of guanidine groups is 1. The van der Waals surface area contributed by atoms with E-state index in [1.165, 1.54) is 0 Å². The topological polar surface area (TPSA) is 86.9 Å². The molecular formula is C18H24N4O3S. The summed E-state index contributed by atoms with van der Waals surface area (Å²) in [7, 11) is -1.65. The van der Waals surface area contributed by atoms with Gasteiger partial charge in [0.15, 0.2) is 5.96 Å². The maximum absolute atomic E-state index is 12.5. The predicted octanol–water partition coefficient (Wildman–Crippen LogP) is 1.93. The molecule has 8 heteroatoms. The number of furan rings is 1. The fourth-order valence-electron chi connectivity index (χ4n) is 2.84. The predicted molar refractivity (Wildman–Crippen MR) is 100 cm³/mol. The zero-order valence-electron chi connectivity index (χ0n) is 14.8. The molecule has 0 unspecified atom stereocenters. The van der Waals surface area contributed by atoms with Crippen LogP contribution < -0.4 is 10.6 Å². The van der Waals surface area contributed by atoms with Gasteiger partial charge in [-0.3, -0.25) is 4.99 Å². The van der Waals surface area contributed by atoms with Gasteiger partial charge in [0.25, 0.3) is 0 Å². The molecule has 2 heterocycles. The zero-order valence-corrected chi connectivity index (χ0v) is 15.6. The van der Waals surface area contributed by atoms with Crippen molar-refractivity contribution in [2.45, 2.75) is 30.8 Å². The average molecular weight is 376 g/mol. The Balaban J connectivity index is 1.55. The van der Waals surface area contributed by atoms with Crippen molar-refractivity contribution in [1.29, 1.82) is 0 Å². The Hall–Kier alpha value is -2.32. The maximum atomic E-state index is 12.5. The lowest BCUT2D eigenvalue weighted by atomic mass is 10.2. The van der Waals surface area contributed by atoms with Gasteiger partial charge >= 0.3 is 0 Å². The number of aliphatic imine (C=N–C) groups is 1. The molecule has 0 aliphatic carbocycles. The van der Waals surface area contributed by atoms with Gasteiger partial charge in [-0.15, -0.1) is 0 Å². The summed E-state index contributed by atoms with van der Waals surface area (Å²) in [4.78, 5) is 4.53. The van der Waals surface area contributed by atoms with Gasteiger partial charge in [-0.1, -0.05) is 12.1 Å². The SMILES string of the molecule is CN=C(NCc1ccc(S(=O)(=O)N2CCCC2)cc1)NCc1ccoc1. The zero-order chi connectivity index (χ0) is 18.4. The molecule has 1 fully saturated rings. The fraction of sp³-hybridized carbons (Fsp3) is 0.389. The van der Waals surface area contributed by atoms with Crippen LogP contribution in [0.3, 0.4) is 0 Å². The third kappa shape index (κ3) is 4.44. The molecule has 0 saturated carbocycles. The second-order valence-corrected chi connectivity index (χ2v) is 8.10. The van der Waals surface area contributed by atoms with Crippen LogP contribution in [0.25, 0.3) is 0 Å². The highest BCUT2D eigenvalue weighted by Gasteiger charge is 2.26. The number of rotatable bonds is 6.